The Kier molecular flexibility index (Phi) is 6.58. The van der Waals surface area contributed by atoms with Gasteiger partial charge in [-0.2, -0.15) is 0 Å². The Morgan fingerprint density at radius 3 is 2.71 bits per heavy atom. The molecule has 1 fully saturated rings. The number of halogens is 1. The summed E-state index contributed by atoms with van der Waals surface area (Å²) in [4.78, 5) is 27.4. The molecule has 0 N–H and O–H groups in total. The van der Waals surface area contributed by atoms with Gasteiger partial charge in [0, 0.05) is 17.1 Å². The van der Waals surface area contributed by atoms with E-state index in [1.165, 1.54) is 16.7 Å². The van der Waals surface area contributed by atoms with E-state index in [4.69, 9.17) is 20.8 Å². The second kappa shape index (κ2) is 9.53. The van der Waals surface area contributed by atoms with E-state index in [1.807, 2.05) is 18.2 Å². The molecule has 3 aromatic rings. The lowest BCUT2D eigenvalue weighted by Gasteiger charge is -2.21. The van der Waals surface area contributed by atoms with Crippen molar-refractivity contribution in [1.29, 1.82) is 0 Å². The van der Waals surface area contributed by atoms with E-state index in [2.05, 4.69) is 10.2 Å². The molecule has 0 saturated carbocycles. The van der Waals surface area contributed by atoms with Crippen LogP contribution in [0.25, 0.3) is 11.5 Å². The fourth-order valence-corrected chi connectivity index (χ4v) is 4.47. The van der Waals surface area contributed by atoms with Crippen molar-refractivity contribution in [2.75, 3.05) is 13.7 Å². The van der Waals surface area contributed by atoms with Gasteiger partial charge in [-0.05, 0) is 49.2 Å². The Morgan fingerprint density at radius 1 is 1.16 bits per heavy atom. The molecular weight excluding hydrogens is 438 g/mol. The maximum Gasteiger partial charge on any atom is 0.277 e. The van der Waals surface area contributed by atoms with Gasteiger partial charge >= 0.3 is 0 Å². The zero-order chi connectivity index (χ0) is 21.8. The average Bonchev–Trinajstić information content (AvgIpc) is 3.18. The monoisotopic (exact) mass is 457 g/mol. The first-order valence-corrected chi connectivity index (χ1v) is 11.1. The molecule has 1 aliphatic rings. The van der Waals surface area contributed by atoms with Crippen LogP contribution in [0.5, 0.6) is 5.75 Å². The van der Waals surface area contributed by atoms with Crippen molar-refractivity contribution in [3.05, 3.63) is 59.1 Å². The van der Waals surface area contributed by atoms with Crippen LogP contribution in [0.1, 0.15) is 29.6 Å². The number of carbonyl (C=O) groups is 2. The minimum Gasteiger partial charge on any atom is -0.496 e. The molecule has 0 aliphatic carbocycles. The molecule has 0 radical (unpaired) electrons. The minimum atomic E-state index is -0.482. The highest BCUT2D eigenvalue weighted by molar-refractivity contribution is 8.00. The molecule has 7 nitrogen and oxygen atoms in total. The van der Waals surface area contributed by atoms with Crippen LogP contribution in [0.2, 0.25) is 5.02 Å². The molecule has 2 aromatic carbocycles. The highest BCUT2D eigenvalue weighted by Crippen LogP contribution is 2.34. The Balaban J connectivity index is 1.52. The van der Waals surface area contributed by atoms with Gasteiger partial charge < -0.3 is 9.15 Å². The van der Waals surface area contributed by atoms with Gasteiger partial charge in [-0.25, -0.2) is 0 Å². The molecule has 1 saturated heterocycles. The van der Waals surface area contributed by atoms with Gasteiger partial charge in [-0.1, -0.05) is 41.9 Å². The van der Waals surface area contributed by atoms with Gasteiger partial charge in [0.1, 0.15) is 5.75 Å². The quantitative estimate of drug-likeness (QED) is 0.512. The van der Waals surface area contributed by atoms with E-state index in [0.717, 1.165) is 12.8 Å². The molecule has 1 aromatic heterocycles. The number of carbonyl (C=O) groups excluding carboxylic acids is 2. The fraction of sp³-hybridized carbons (Fsp3) is 0.273. The van der Waals surface area contributed by atoms with E-state index in [-0.39, 0.29) is 17.0 Å². The number of para-hydroxylation sites is 1. The van der Waals surface area contributed by atoms with E-state index >= 15 is 0 Å². The van der Waals surface area contributed by atoms with E-state index in [9.17, 15) is 9.59 Å². The summed E-state index contributed by atoms with van der Waals surface area (Å²) in [6.45, 7) is 0.383. The average molecular weight is 458 g/mol. The van der Waals surface area contributed by atoms with Crippen molar-refractivity contribution in [2.24, 2.45) is 0 Å². The van der Waals surface area contributed by atoms with Crippen LogP contribution in [-0.2, 0) is 4.79 Å². The number of methoxy groups -OCH3 is 1. The minimum absolute atomic E-state index is 0.250. The van der Waals surface area contributed by atoms with E-state index in [1.54, 1.807) is 37.4 Å². The van der Waals surface area contributed by atoms with Crippen molar-refractivity contribution in [3.63, 3.8) is 0 Å². The van der Waals surface area contributed by atoms with Crippen LogP contribution in [0.15, 0.2) is 58.2 Å². The number of imide groups is 1. The topological polar surface area (TPSA) is 85.5 Å². The largest absolute Gasteiger partial charge is 0.496 e. The lowest BCUT2D eigenvalue weighted by atomic mass is 10.2. The number of benzene rings is 2. The molecule has 31 heavy (non-hydrogen) atoms. The lowest BCUT2D eigenvalue weighted by molar-refractivity contribution is -0.127. The van der Waals surface area contributed by atoms with Gasteiger partial charge in [-0.15, -0.1) is 10.2 Å². The molecule has 0 bridgehead atoms. The SMILES string of the molecule is COc1ccccc1-c1nnc(SC2CCCCN(C(=O)c3ccc(Cl)cc3)C2=O)o1. The number of hydrogen-bond acceptors (Lipinski definition) is 7. The lowest BCUT2D eigenvalue weighted by Crippen LogP contribution is -2.41. The number of hydrogen-bond donors (Lipinski definition) is 0. The molecule has 1 atom stereocenters. The Hall–Kier alpha value is -2.84. The molecule has 9 heteroatoms. The van der Waals surface area contributed by atoms with Crippen molar-refractivity contribution in [1.82, 2.24) is 15.1 Å². The summed E-state index contributed by atoms with van der Waals surface area (Å²) >= 11 is 7.10. The summed E-state index contributed by atoms with van der Waals surface area (Å²) in [6, 6.07) is 13.9. The van der Waals surface area contributed by atoms with Crippen molar-refractivity contribution >= 4 is 35.2 Å². The maximum atomic E-state index is 13.2. The first-order valence-electron chi connectivity index (χ1n) is 9.81. The summed E-state index contributed by atoms with van der Waals surface area (Å²) in [5.41, 5.74) is 1.11. The first-order chi connectivity index (χ1) is 15.1. The zero-order valence-corrected chi connectivity index (χ0v) is 18.4. The number of thioether (sulfide) groups is 1. The summed E-state index contributed by atoms with van der Waals surface area (Å²) in [6.07, 6.45) is 2.19. The van der Waals surface area contributed by atoms with Crippen LogP contribution >= 0.6 is 23.4 Å². The maximum absolute atomic E-state index is 13.2. The number of aromatic nitrogens is 2. The Morgan fingerprint density at radius 2 is 1.94 bits per heavy atom. The second-order valence-corrected chi connectivity index (χ2v) is 8.57. The summed E-state index contributed by atoms with van der Waals surface area (Å²) in [5.74, 6) is 0.358. The number of nitrogens with zero attached hydrogens (tertiary/aromatic N) is 3. The molecule has 0 spiro atoms. The van der Waals surface area contributed by atoms with Crippen molar-refractivity contribution in [3.8, 4) is 17.2 Å². The summed E-state index contributed by atoms with van der Waals surface area (Å²) in [7, 11) is 1.57. The van der Waals surface area contributed by atoms with Gasteiger partial charge in [0.25, 0.3) is 17.0 Å². The number of ether oxygens (including phenoxy) is 1. The highest BCUT2D eigenvalue weighted by Gasteiger charge is 2.33. The van der Waals surface area contributed by atoms with E-state index < -0.39 is 5.25 Å². The van der Waals surface area contributed by atoms with Gasteiger partial charge in [0.05, 0.1) is 17.9 Å². The summed E-state index contributed by atoms with van der Waals surface area (Å²) in [5, 5.41) is 8.52. The van der Waals surface area contributed by atoms with Gasteiger partial charge in [-0.3, -0.25) is 14.5 Å². The molecule has 2 amide bonds. The third kappa shape index (κ3) is 4.75. The highest BCUT2D eigenvalue weighted by atomic mass is 35.5. The molecule has 2 heterocycles. The second-order valence-electron chi connectivity index (χ2n) is 6.98. The van der Waals surface area contributed by atoms with Crippen LogP contribution in [0.4, 0.5) is 0 Å². The normalized spacial score (nSPS) is 16.8. The van der Waals surface area contributed by atoms with Crippen LogP contribution in [0.3, 0.4) is 0 Å². The first kappa shape index (κ1) is 21.4. The summed E-state index contributed by atoms with van der Waals surface area (Å²) < 4.78 is 11.1. The predicted octanol–water partition coefficient (Wildman–Crippen LogP) is 4.71. The van der Waals surface area contributed by atoms with Crippen LogP contribution < -0.4 is 4.74 Å². The fourth-order valence-electron chi connectivity index (χ4n) is 3.38. The predicted molar refractivity (Wildman–Crippen MR) is 117 cm³/mol. The number of likely N-dealkylation sites (tertiary alicyclic amines) is 1. The third-order valence-electron chi connectivity index (χ3n) is 4.96. The molecule has 4 rings (SSSR count). The van der Waals surface area contributed by atoms with Gasteiger partial charge in [0.2, 0.25) is 5.91 Å². The third-order valence-corrected chi connectivity index (χ3v) is 6.30. The molecule has 1 unspecified atom stereocenters. The van der Waals surface area contributed by atoms with E-state index in [0.29, 0.717) is 40.8 Å². The zero-order valence-electron chi connectivity index (χ0n) is 16.8. The number of amides is 2. The van der Waals surface area contributed by atoms with Crippen LogP contribution in [0, 0.1) is 0 Å². The Labute approximate surface area is 188 Å². The standard InChI is InChI=1S/C22H20ClN3O4S/c1-29-17-7-3-2-6-16(17)19-24-25-22(30-19)31-18-8-4-5-13-26(21(18)28)20(27)14-9-11-15(23)12-10-14/h2-3,6-7,9-12,18H,4-5,8,13H2,1H3. The van der Waals surface area contributed by atoms with Gasteiger partial charge in [0.15, 0.2) is 0 Å². The molecule has 160 valence electrons. The van der Waals surface area contributed by atoms with Crippen molar-refractivity contribution < 1.29 is 18.7 Å². The van der Waals surface area contributed by atoms with Crippen LogP contribution in [-0.4, -0.2) is 45.8 Å². The smallest absolute Gasteiger partial charge is 0.277 e. The van der Waals surface area contributed by atoms with Crippen molar-refractivity contribution in [2.45, 2.75) is 29.7 Å². The number of rotatable bonds is 5. The molecular formula is C22H20ClN3O4S. The Bertz CT molecular complexity index is 1090. The molecule has 1 aliphatic heterocycles.